The first kappa shape index (κ1) is 21.6. The number of hydrogen-bond acceptors (Lipinski definition) is 6. The van der Waals surface area contributed by atoms with Crippen LogP contribution in [0.4, 0.5) is 0 Å². The molecule has 5 rings (SSSR count). The minimum absolute atomic E-state index is 0.144. The predicted octanol–water partition coefficient (Wildman–Crippen LogP) is 2.16. The quantitative estimate of drug-likeness (QED) is 0.681. The number of fused-ring (bicyclic) bond motifs is 1. The van der Waals surface area contributed by atoms with Gasteiger partial charge in [-0.25, -0.2) is 5.01 Å². The number of hydrogen-bond donors (Lipinski definition) is 1. The van der Waals surface area contributed by atoms with Gasteiger partial charge in [-0.05, 0) is 48.8 Å². The zero-order chi connectivity index (χ0) is 22.1. The molecule has 8 nitrogen and oxygen atoms in total. The Morgan fingerprint density at radius 2 is 1.72 bits per heavy atom. The maximum absolute atomic E-state index is 12.9. The van der Waals surface area contributed by atoms with Gasteiger partial charge < -0.3 is 14.8 Å². The van der Waals surface area contributed by atoms with Crippen LogP contribution in [0.25, 0.3) is 0 Å². The number of amides is 3. The van der Waals surface area contributed by atoms with Gasteiger partial charge in [0.15, 0.2) is 6.29 Å². The number of benzene rings is 1. The number of piperidine rings is 1. The summed E-state index contributed by atoms with van der Waals surface area (Å²) < 4.78 is 11.1. The van der Waals surface area contributed by atoms with Crippen LogP contribution in [0.3, 0.4) is 0 Å². The molecule has 172 valence electrons. The van der Waals surface area contributed by atoms with Crippen molar-refractivity contribution in [1.29, 1.82) is 0 Å². The molecule has 1 aromatic rings. The summed E-state index contributed by atoms with van der Waals surface area (Å²) >= 11 is 0. The van der Waals surface area contributed by atoms with Crippen LogP contribution in [0.1, 0.15) is 66.4 Å². The molecule has 0 bridgehead atoms. The van der Waals surface area contributed by atoms with Gasteiger partial charge in [0.05, 0.1) is 19.8 Å². The van der Waals surface area contributed by atoms with E-state index in [9.17, 15) is 14.4 Å². The molecule has 32 heavy (non-hydrogen) atoms. The van der Waals surface area contributed by atoms with E-state index in [1.54, 1.807) is 0 Å². The number of rotatable bonds is 6. The van der Waals surface area contributed by atoms with E-state index < -0.39 is 0 Å². The van der Waals surface area contributed by atoms with Crippen molar-refractivity contribution in [3.05, 3.63) is 34.9 Å². The third-order valence-electron chi connectivity index (χ3n) is 7.09. The molecule has 3 fully saturated rings. The van der Waals surface area contributed by atoms with Crippen molar-refractivity contribution in [3.63, 3.8) is 0 Å². The van der Waals surface area contributed by atoms with Crippen LogP contribution >= 0.6 is 0 Å². The Morgan fingerprint density at radius 3 is 2.50 bits per heavy atom. The van der Waals surface area contributed by atoms with Gasteiger partial charge in [0, 0.05) is 31.0 Å². The third-order valence-corrected chi connectivity index (χ3v) is 7.09. The summed E-state index contributed by atoms with van der Waals surface area (Å²) in [7, 11) is 0. The monoisotopic (exact) mass is 441 g/mol. The SMILES string of the molecule is O=C1c2ccc(C[C@H]3CCCC[C@@H]3NCC3OCCO3)cc2CN1N1C(=O)CCCC1=O. The highest BCUT2D eigenvalue weighted by Gasteiger charge is 2.39. The van der Waals surface area contributed by atoms with E-state index in [1.807, 2.05) is 12.1 Å². The Morgan fingerprint density at radius 1 is 0.969 bits per heavy atom. The Labute approximate surface area is 188 Å². The second kappa shape index (κ2) is 9.29. The van der Waals surface area contributed by atoms with E-state index in [1.165, 1.54) is 29.8 Å². The average molecular weight is 442 g/mol. The third kappa shape index (κ3) is 4.31. The summed E-state index contributed by atoms with van der Waals surface area (Å²) in [5.41, 5.74) is 2.68. The van der Waals surface area contributed by atoms with Crippen molar-refractivity contribution >= 4 is 17.7 Å². The zero-order valence-corrected chi connectivity index (χ0v) is 18.4. The van der Waals surface area contributed by atoms with E-state index in [0.29, 0.717) is 56.5 Å². The highest BCUT2D eigenvalue weighted by molar-refractivity contribution is 6.04. The standard InChI is InChI=1S/C24H31N3O5/c28-21-6-3-7-22(29)27(21)26-15-18-13-16(8-9-19(18)24(26)30)12-17-4-1-2-5-20(17)25-14-23-31-10-11-32-23/h8-9,13,17,20,23,25H,1-7,10-12,14-15H2/t17-,20+/m1/s1. The molecule has 4 aliphatic rings. The van der Waals surface area contributed by atoms with E-state index in [4.69, 9.17) is 9.47 Å². The van der Waals surface area contributed by atoms with Gasteiger partial charge in [-0.1, -0.05) is 25.0 Å². The van der Waals surface area contributed by atoms with Crippen molar-refractivity contribution < 1.29 is 23.9 Å². The fourth-order valence-electron chi connectivity index (χ4n) is 5.45. The molecular weight excluding hydrogens is 410 g/mol. The van der Waals surface area contributed by atoms with E-state index in [0.717, 1.165) is 23.4 Å². The number of carbonyl (C=O) groups is 3. The first-order valence-corrected chi connectivity index (χ1v) is 11.9. The second-order valence-electron chi connectivity index (χ2n) is 9.24. The van der Waals surface area contributed by atoms with Crippen LogP contribution in [0, 0.1) is 5.92 Å². The molecule has 8 heteroatoms. The molecule has 1 saturated carbocycles. The number of carbonyl (C=O) groups excluding carboxylic acids is 3. The molecule has 0 aromatic heterocycles. The highest BCUT2D eigenvalue weighted by atomic mass is 16.7. The van der Waals surface area contributed by atoms with Gasteiger partial charge in [-0.2, -0.15) is 5.01 Å². The fraction of sp³-hybridized carbons (Fsp3) is 0.625. The lowest BCUT2D eigenvalue weighted by Crippen LogP contribution is -2.51. The van der Waals surface area contributed by atoms with E-state index in [-0.39, 0.29) is 30.6 Å². The molecule has 1 N–H and O–H groups in total. The Balaban J connectivity index is 1.26. The lowest BCUT2D eigenvalue weighted by atomic mass is 9.80. The predicted molar refractivity (Wildman–Crippen MR) is 115 cm³/mol. The molecule has 3 aliphatic heterocycles. The molecule has 1 aromatic carbocycles. The zero-order valence-electron chi connectivity index (χ0n) is 18.4. The van der Waals surface area contributed by atoms with Crippen LogP contribution < -0.4 is 5.32 Å². The van der Waals surface area contributed by atoms with Crippen LogP contribution in [0.15, 0.2) is 18.2 Å². The summed E-state index contributed by atoms with van der Waals surface area (Å²) in [5.74, 6) is -0.312. The smallest absolute Gasteiger partial charge is 0.273 e. The van der Waals surface area contributed by atoms with Gasteiger partial charge >= 0.3 is 0 Å². The number of hydrazine groups is 1. The Bertz CT molecular complexity index is 882. The fourth-order valence-corrected chi connectivity index (χ4v) is 5.45. The van der Waals surface area contributed by atoms with E-state index >= 15 is 0 Å². The van der Waals surface area contributed by atoms with Gasteiger partial charge in [-0.3, -0.25) is 14.4 Å². The lowest BCUT2D eigenvalue weighted by Gasteiger charge is -2.33. The summed E-state index contributed by atoms with van der Waals surface area (Å²) in [6.45, 7) is 2.33. The molecule has 0 radical (unpaired) electrons. The average Bonchev–Trinajstić information content (AvgIpc) is 3.41. The molecule has 3 heterocycles. The number of nitrogens with zero attached hydrogens (tertiary/aromatic N) is 2. The van der Waals surface area contributed by atoms with Gasteiger partial charge in [0.1, 0.15) is 0 Å². The summed E-state index contributed by atoms with van der Waals surface area (Å²) in [6.07, 6.45) is 6.75. The molecule has 1 aliphatic carbocycles. The summed E-state index contributed by atoms with van der Waals surface area (Å²) in [4.78, 5) is 37.5. The van der Waals surface area contributed by atoms with Crippen molar-refractivity contribution in [2.45, 2.75) is 70.2 Å². The van der Waals surface area contributed by atoms with Crippen molar-refractivity contribution in [2.24, 2.45) is 5.92 Å². The van der Waals surface area contributed by atoms with Crippen molar-refractivity contribution in [3.8, 4) is 0 Å². The van der Waals surface area contributed by atoms with Crippen LogP contribution in [-0.4, -0.2) is 59.8 Å². The maximum Gasteiger partial charge on any atom is 0.273 e. The minimum Gasteiger partial charge on any atom is -0.349 e. The van der Waals surface area contributed by atoms with Crippen LogP contribution in [0.5, 0.6) is 0 Å². The Hall–Kier alpha value is -2.29. The van der Waals surface area contributed by atoms with Gasteiger partial charge in [0.2, 0.25) is 11.8 Å². The molecular formula is C24H31N3O5. The first-order valence-electron chi connectivity index (χ1n) is 11.9. The molecule has 3 amide bonds. The normalized spacial score (nSPS) is 26.8. The van der Waals surface area contributed by atoms with Crippen LogP contribution in [0.2, 0.25) is 0 Å². The first-order chi connectivity index (χ1) is 15.6. The Kier molecular flexibility index (Phi) is 6.26. The molecule has 0 unspecified atom stereocenters. The largest absolute Gasteiger partial charge is 0.349 e. The molecule has 0 spiro atoms. The highest BCUT2D eigenvalue weighted by Crippen LogP contribution is 2.31. The molecule has 2 saturated heterocycles. The summed E-state index contributed by atoms with van der Waals surface area (Å²) in [5, 5.41) is 6.05. The second-order valence-corrected chi connectivity index (χ2v) is 9.24. The van der Waals surface area contributed by atoms with Gasteiger partial charge in [-0.15, -0.1) is 0 Å². The summed E-state index contributed by atoms with van der Waals surface area (Å²) in [6, 6.07) is 6.39. The number of nitrogens with one attached hydrogen (secondary N) is 1. The number of imide groups is 1. The maximum atomic E-state index is 12.9. The van der Waals surface area contributed by atoms with Crippen molar-refractivity contribution in [1.82, 2.24) is 15.3 Å². The lowest BCUT2D eigenvalue weighted by molar-refractivity contribution is -0.163. The van der Waals surface area contributed by atoms with Crippen molar-refractivity contribution in [2.75, 3.05) is 19.8 Å². The topological polar surface area (TPSA) is 88.2 Å². The van der Waals surface area contributed by atoms with Gasteiger partial charge in [0.25, 0.3) is 5.91 Å². The van der Waals surface area contributed by atoms with E-state index in [2.05, 4.69) is 11.4 Å². The number of ether oxygens (including phenoxy) is 2. The minimum atomic E-state index is -0.283. The molecule has 2 atom stereocenters. The van der Waals surface area contributed by atoms with Crippen LogP contribution in [-0.2, 0) is 32.0 Å².